The van der Waals surface area contributed by atoms with E-state index in [-0.39, 0.29) is 0 Å². The maximum absolute atomic E-state index is 4.89. The van der Waals surface area contributed by atoms with E-state index in [2.05, 4.69) is 54.4 Å². The summed E-state index contributed by atoms with van der Waals surface area (Å²) in [5.41, 5.74) is 1.24. The first-order valence-corrected chi connectivity index (χ1v) is 8.63. The first-order valence-electron chi connectivity index (χ1n) is 7.85. The summed E-state index contributed by atoms with van der Waals surface area (Å²) >= 11 is 1.50. The zero-order chi connectivity index (χ0) is 16.4. The lowest BCUT2D eigenvalue weighted by atomic mass is 10.1. The normalized spacial score (nSPS) is 12.0. The summed E-state index contributed by atoms with van der Waals surface area (Å²) in [4.78, 5) is 5.45. The number of hydrogen-bond donors (Lipinski definition) is 0. The highest BCUT2D eigenvalue weighted by atomic mass is 32.2. The average Bonchev–Trinajstić information content (AvgIpc) is 2.75. The van der Waals surface area contributed by atoms with Gasteiger partial charge in [-0.05, 0) is 41.5 Å². The fraction of sp³-hybridized carbons (Fsp3) is 0.0476. The third-order valence-corrected chi connectivity index (χ3v) is 4.83. The predicted octanol–water partition coefficient (Wildman–Crippen LogP) is 5.30. The smallest absolute Gasteiger partial charge is 0.0889 e. The highest BCUT2D eigenvalue weighted by Gasteiger charge is 2.04. The van der Waals surface area contributed by atoms with Crippen molar-refractivity contribution in [1.82, 2.24) is 4.98 Å². The number of aromatic nitrogens is 1. The Kier molecular flexibility index (Phi) is 4.01. The van der Waals surface area contributed by atoms with Crippen LogP contribution in [-0.4, -0.2) is 4.98 Å². The van der Waals surface area contributed by atoms with Gasteiger partial charge < -0.3 is 0 Å². The molecular weight excluding hydrogens is 312 g/mol. The molecule has 1 heterocycles. The Labute approximate surface area is 145 Å². The van der Waals surface area contributed by atoms with E-state index in [9.17, 15) is 0 Å². The number of pyridine rings is 1. The van der Waals surface area contributed by atoms with Gasteiger partial charge in [-0.1, -0.05) is 48.5 Å². The molecular formula is C21H16N2S. The summed E-state index contributed by atoms with van der Waals surface area (Å²) in [6.07, 6.45) is 3.74. The molecule has 4 rings (SSSR count). The van der Waals surface area contributed by atoms with Gasteiger partial charge in [0.2, 0.25) is 0 Å². The SMILES string of the molecule is Cc1cc2ccncc2/c(=N\Sc2ccccc2)c2ccccc12. The lowest BCUT2D eigenvalue weighted by Crippen LogP contribution is -2.01. The first kappa shape index (κ1) is 14.9. The highest BCUT2D eigenvalue weighted by Crippen LogP contribution is 2.22. The molecule has 0 bridgehead atoms. The number of benzene rings is 2. The van der Waals surface area contributed by atoms with Crippen molar-refractivity contribution in [2.24, 2.45) is 4.40 Å². The van der Waals surface area contributed by atoms with Crippen LogP contribution in [0.3, 0.4) is 0 Å². The van der Waals surface area contributed by atoms with E-state index in [0.717, 1.165) is 26.4 Å². The minimum atomic E-state index is 0.982. The van der Waals surface area contributed by atoms with E-state index in [1.54, 1.807) is 0 Å². The maximum atomic E-state index is 4.89. The summed E-state index contributed by atoms with van der Waals surface area (Å²) in [5, 5.41) is 5.59. The van der Waals surface area contributed by atoms with Crippen molar-refractivity contribution in [3.8, 4) is 0 Å². The molecule has 0 radical (unpaired) electrons. The molecule has 2 nitrogen and oxygen atoms in total. The van der Waals surface area contributed by atoms with Crippen molar-refractivity contribution < 1.29 is 0 Å². The van der Waals surface area contributed by atoms with Gasteiger partial charge in [0.25, 0.3) is 0 Å². The third-order valence-electron chi connectivity index (χ3n) is 4.07. The Morgan fingerprint density at radius 1 is 0.833 bits per heavy atom. The van der Waals surface area contributed by atoms with Crippen LogP contribution in [0.5, 0.6) is 0 Å². The molecule has 24 heavy (non-hydrogen) atoms. The summed E-state index contributed by atoms with van der Waals surface area (Å²) in [6.45, 7) is 2.15. The summed E-state index contributed by atoms with van der Waals surface area (Å²) in [7, 11) is 0. The number of aryl methyl sites for hydroxylation is 1. The summed E-state index contributed by atoms with van der Waals surface area (Å²) < 4.78 is 4.89. The second-order valence-corrected chi connectivity index (χ2v) is 6.52. The van der Waals surface area contributed by atoms with Crippen molar-refractivity contribution in [3.05, 3.63) is 90.0 Å². The van der Waals surface area contributed by atoms with Crippen molar-refractivity contribution in [1.29, 1.82) is 0 Å². The minimum absolute atomic E-state index is 0.982. The first-order chi connectivity index (χ1) is 11.8. The van der Waals surface area contributed by atoms with Gasteiger partial charge in [0.1, 0.15) is 0 Å². The molecule has 0 fully saturated rings. The monoisotopic (exact) mass is 328 g/mol. The molecule has 0 atom stereocenters. The molecule has 0 unspecified atom stereocenters. The molecule has 0 saturated carbocycles. The lowest BCUT2D eigenvalue weighted by molar-refractivity contribution is 1.36. The average molecular weight is 328 g/mol. The number of fused-ring (bicyclic) bond motifs is 2. The van der Waals surface area contributed by atoms with Crippen LogP contribution in [0.4, 0.5) is 0 Å². The number of nitrogens with zero attached hydrogens (tertiary/aromatic N) is 2. The summed E-state index contributed by atoms with van der Waals surface area (Å²) in [6, 6.07) is 22.9. The van der Waals surface area contributed by atoms with E-state index >= 15 is 0 Å². The van der Waals surface area contributed by atoms with Gasteiger partial charge in [-0.2, -0.15) is 0 Å². The van der Waals surface area contributed by atoms with Gasteiger partial charge in [0.15, 0.2) is 0 Å². The van der Waals surface area contributed by atoms with E-state index < -0.39 is 0 Å². The van der Waals surface area contributed by atoms with Crippen molar-refractivity contribution in [2.45, 2.75) is 11.8 Å². The van der Waals surface area contributed by atoms with Crippen LogP contribution in [0, 0.1) is 6.92 Å². The minimum Gasteiger partial charge on any atom is -0.264 e. The van der Waals surface area contributed by atoms with Crippen LogP contribution in [-0.2, 0) is 0 Å². The van der Waals surface area contributed by atoms with Gasteiger partial charge in [0.05, 0.1) is 5.36 Å². The van der Waals surface area contributed by atoms with Gasteiger partial charge in [0, 0.05) is 40.0 Å². The molecule has 3 aromatic carbocycles. The third kappa shape index (κ3) is 2.79. The van der Waals surface area contributed by atoms with Crippen LogP contribution in [0.15, 0.2) is 88.4 Å². The maximum Gasteiger partial charge on any atom is 0.0889 e. The number of hydrogen-bond acceptors (Lipinski definition) is 3. The molecule has 0 amide bonds. The topological polar surface area (TPSA) is 25.2 Å². The Morgan fingerprint density at radius 3 is 2.42 bits per heavy atom. The Morgan fingerprint density at radius 2 is 1.58 bits per heavy atom. The highest BCUT2D eigenvalue weighted by molar-refractivity contribution is 7.98. The molecule has 4 aromatic rings. The Balaban J connectivity index is 2.09. The molecule has 3 heteroatoms. The standard InChI is InChI=1S/C21H16N2S/c1-15-13-16-11-12-22-14-20(16)21(19-10-6-5-9-18(15)19)23-24-17-7-3-2-4-8-17/h2-14H,1H3/b23-21-. The summed E-state index contributed by atoms with van der Waals surface area (Å²) in [5.74, 6) is 0. The van der Waals surface area contributed by atoms with E-state index in [4.69, 9.17) is 4.40 Å². The molecule has 0 N–H and O–H groups in total. The Bertz CT molecular complexity index is 1090. The number of rotatable bonds is 2. The van der Waals surface area contributed by atoms with E-state index in [1.165, 1.54) is 22.9 Å². The lowest BCUT2D eigenvalue weighted by Gasteiger charge is -1.98. The largest absolute Gasteiger partial charge is 0.264 e. The molecule has 0 spiro atoms. The van der Waals surface area contributed by atoms with E-state index in [1.807, 2.05) is 36.7 Å². The van der Waals surface area contributed by atoms with Gasteiger partial charge in [-0.15, -0.1) is 0 Å². The van der Waals surface area contributed by atoms with Crippen LogP contribution < -0.4 is 5.36 Å². The van der Waals surface area contributed by atoms with Crippen LogP contribution in [0.1, 0.15) is 5.56 Å². The second-order valence-electron chi connectivity index (χ2n) is 5.68. The zero-order valence-corrected chi connectivity index (χ0v) is 14.1. The van der Waals surface area contributed by atoms with Crippen LogP contribution >= 0.6 is 11.9 Å². The quantitative estimate of drug-likeness (QED) is 0.466. The van der Waals surface area contributed by atoms with Crippen LogP contribution in [0.25, 0.3) is 21.5 Å². The molecule has 0 aliphatic rings. The molecule has 0 aliphatic carbocycles. The molecule has 1 aromatic heterocycles. The van der Waals surface area contributed by atoms with Crippen molar-refractivity contribution in [2.75, 3.05) is 0 Å². The second kappa shape index (κ2) is 6.46. The van der Waals surface area contributed by atoms with Gasteiger partial charge in [-0.3, -0.25) is 4.98 Å². The van der Waals surface area contributed by atoms with Gasteiger partial charge >= 0.3 is 0 Å². The fourth-order valence-corrected chi connectivity index (χ4v) is 3.57. The molecule has 0 aliphatic heterocycles. The Hall–Kier alpha value is -2.65. The molecule has 0 saturated heterocycles. The predicted molar refractivity (Wildman–Crippen MR) is 102 cm³/mol. The van der Waals surface area contributed by atoms with Crippen LogP contribution in [0.2, 0.25) is 0 Å². The van der Waals surface area contributed by atoms with Crippen molar-refractivity contribution in [3.63, 3.8) is 0 Å². The van der Waals surface area contributed by atoms with Crippen molar-refractivity contribution >= 4 is 33.5 Å². The van der Waals surface area contributed by atoms with E-state index in [0.29, 0.717) is 0 Å². The van der Waals surface area contributed by atoms with Gasteiger partial charge in [-0.25, -0.2) is 4.40 Å². The molecule has 116 valence electrons. The fourth-order valence-electron chi connectivity index (χ4n) is 2.90. The zero-order valence-electron chi connectivity index (χ0n) is 13.3.